The van der Waals surface area contributed by atoms with Crippen LogP contribution in [0.15, 0.2) is 17.4 Å². The van der Waals surface area contributed by atoms with Gasteiger partial charge in [0.05, 0.1) is 12.7 Å². The number of aryl methyl sites for hydroxylation is 2. The van der Waals surface area contributed by atoms with Crippen molar-refractivity contribution in [3.63, 3.8) is 0 Å². The van der Waals surface area contributed by atoms with E-state index in [0.717, 1.165) is 83.4 Å². The molecule has 0 aromatic carbocycles. The van der Waals surface area contributed by atoms with E-state index in [1.807, 2.05) is 19.3 Å². The molecule has 2 aliphatic rings. The topological polar surface area (TPSA) is 63.9 Å². The molecule has 2 aliphatic heterocycles. The summed E-state index contributed by atoms with van der Waals surface area (Å²) in [7, 11) is 0. The Morgan fingerprint density at radius 3 is 2.92 bits per heavy atom. The van der Waals surface area contributed by atoms with Crippen molar-refractivity contribution >= 4 is 5.96 Å². The molecule has 2 unspecified atom stereocenters. The smallest absolute Gasteiger partial charge is 0.194 e. The second-order valence-electron chi connectivity index (χ2n) is 7.02. The molecule has 2 fully saturated rings. The van der Waals surface area contributed by atoms with Gasteiger partial charge in [-0.25, -0.2) is 4.98 Å². The van der Waals surface area contributed by atoms with Gasteiger partial charge in [0.15, 0.2) is 5.96 Å². The highest BCUT2D eigenvalue weighted by atomic mass is 16.5. The van der Waals surface area contributed by atoms with E-state index in [2.05, 4.69) is 26.7 Å². The number of hydrogen-bond donors (Lipinski definition) is 1. The fourth-order valence-corrected chi connectivity index (χ4v) is 3.63. The van der Waals surface area contributed by atoms with Gasteiger partial charge in [-0.15, -0.1) is 0 Å². The second-order valence-corrected chi connectivity index (χ2v) is 7.02. The number of nitrogens with one attached hydrogen (secondary N) is 1. The Bertz CT molecular complexity index is 568. The number of aliphatic imine (C=N–C) groups is 1. The molecule has 3 rings (SSSR count). The van der Waals surface area contributed by atoms with Gasteiger partial charge in [-0.2, -0.15) is 0 Å². The van der Waals surface area contributed by atoms with Crippen molar-refractivity contribution in [1.82, 2.24) is 19.8 Å². The van der Waals surface area contributed by atoms with E-state index in [9.17, 15) is 0 Å². The molecular formula is C19H33N5O2. The van der Waals surface area contributed by atoms with Gasteiger partial charge in [0, 0.05) is 51.7 Å². The van der Waals surface area contributed by atoms with Crippen molar-refractivity contribution < 1.29 is 9.47 Å². The van der Waals surface area contributed by atoms with Gasteiger partial charge >= 0.3 is 0 Å². The van der Waals surface area contributed by atoms with Gasteiger partial charge in [0.1, 0.15) is 11.9 Å². The van der Waals surface area contributed by atoms with E-state index in [1.54, 1.807) is 0 Å². The van der Waals surface area contributed by atoms with Crippen molar-refractivity contribution in [2.45, 2.75) is 58.3 Å². The first-order chi connectivity index (χ1) is 12.8. The normalized spacial score (nSPS) is 24.2. The first-order valence-corrected chi connectivity index (χ1v) is 10.0. The van der Waals surface area contributed by atoms with Gasteiger partial charge in [-0.3, -0.25) is 4.99 Å². The van der Waals surface area contributed by atoms with E-state index in [4.69, 9.17) is 14.5 Å². The van der Waals surface area contributed by atoms with Crippen molar-refractivity contribution in [2.75, 3.05) is 39.4 Å². The number of aromatic nitrogens is 2. The SMILES string of the molecule is CCNC(=NCCCCn1ccnc1C)N1CCOC(C2CCCO2)C1. The fraction of sp³-hybridized carbons (Fsp3) is 0.789. The molecule has 1 aromatic heterocycles. The number of ether oxygens (including phenoxy) is 2. The van der Waals surface area contributed by atoms with Crippen LogP contribution < -0.4 is 5.32 Å². The first-order valence-electron chi connectivity index (χ1n) is 10.0. The lowest BCUT2D eigenvalue weighted by atomic mass is 10.1. The van der Waals surface area contributed by atoms with Crippen LogP contribution >= 0.6 is 0 Å². The third kappa shape index (κ3) is 5.20. The van der Waals surface area contributed by atoms with Gasteiger partial charge in [0.2, 0.25) is 0 Å². The summed E-state index contributed by atoms with van der Waals surface area (Å²) in [5.74, 6) is 2.09. The Labute approximate surface area is 156 Å². The predicted molar refractivity (Wildman–Crippen MR) is 102 cm³/mol. The van der Waals surface area contributed by atoms with Crippen molar-refractivity contribution in [3.8, 4) is 0 Å². The zero-order valence-electron chi connectivity index (χ0n) is 16.2. The lowest BCUT2D eigenvalue weighted by Gasteiger charge is -2.37. The summed E-state index contributed by atoms with van der Waals surface area (Å²) in [6.07, 6.45) is 8.77. The maximum absolute atomic E-state index is 5.96. The highest BCUT2D eigenvalue weighted by Gasteiger charge is 2.32. The Hall–Kier alpha value is -1.60. The minimum absolute atomic E-state index is 0.166. The van der Waals surface area contributed by atoms with E-state index in [0.29, 0.717) is 0 Å². The van der Waals surface area contributed by atoms with Crippen LogP contribution in [0.5, 0.6) is 0 Å². The Morgan fingerprint density at radius 1 is 1.31 bits per heavy atom. The maximum atomic E-state index is 5.96. The van der Waals surface area contributed by atoms with Gasteiger partial charge in [0.25, 0.3) is 0 Å². The summed E-state index contributed by atoms with van der Waals surface area (Å²) in [5.41, 5.74) is 0. The highest BCUT2D eigenvalue weighted by molar-refractivity contribution is 5.80. The second kappa shape index (κ2) is 9.92. The molecule has 0 bridgehead atoms. The van der Waals surface area contributed by atoms with Gasteiger partial charge in [-0.1, -0.05) is 0 Å². The number of morpholine rings is 1. The van der Waals surface area contributed by atoms with E-state index < -0.39 is 0 Å². The average Bonchev–Trinajstić information content (AvgIpc) is 3.33. The van der Waals surface area contributed by atoms with Crippen LogP contribution in [0.2, 0.25) is 0 Å². The summed E-state index contributed by atoms with van der Waals surface area (Å²) in [6.45, 7) is 10.3. The number of guanidine groups is 1. The largest absolute Gasteiger partial charge is 0.375 e. The average molecular weight is 364 g/mol. The molecule has 7 heteroatoms. The third-order valence-corrected chi connectivity index (χ3v) is 5.10. The molecule has 0 aliphatic carbocycles. The van der Waals surface area contributed by atoms with Crippen LogP contribution in [-0.4, -0.2) is 72.0 Å². The van der Waals surface area contributed by atoms with Crippen molar-refractivity contribution in [2.24, 2.45) is 4.99 Å². The molecule has 3 heterocycles. The molecule has 0 radical (unpaired) electrons. The highest BCUT2D eigenvalue weighted by Crippen LogP contribution is 2.21. The summed E-state index contributed by atoms with van der Waals surface area (Å²) in [6, 6.07) is 0. The number of unbranched alkanes of at least 4 members (excludes halogenated alkanes) is 1. The van der Waals surface area contributed by atoms with Crippen LogP contribution in [0.4, 0.5) is 0 Å². The molecule has 1 aromatic rings. The summed E-state index contributed by atoms with van der Waals surface area (Å²) in [4.78, 5) is 11.4. The number of nitrogens with zero attached hydrogens (tertiary/aromatic N) is 4. The quantitative estimate of drug-likeness (QED) is 0.455. The third-order valence-electron chi connectivity index (χ3n) is 5.10. The molecular weight excluding hydrogens is 330 g/mol. The monoisotopic (exact) mass is 363 g/mol. The summed E-state index contributed by atoms with van der Waals surface area (Å²) in [5, 5.41) is 3.44. The lowest BCUT2D eigenvalue weighted by molar-refractivity contribution is -0.0817. The molecule has 0 amide bonds. The number of rotatable bonds is 7. The maximum Gasteiger partial charge on any atom is 0.194 e. The van der Waals surface area contributed by atoms with Crippen LogP contribution in [0, 0.1) is 6.92 Å². The Morgan fingerprint density at radius 2 is 2.19 bits per heavy atom. The lowest BCUT2D eigenvalue weighted by Crippen LogP contribution is -2.53. The van der Waals surface area contributed by atoms with Crippen LogP contribution in [0.25, 0.3) is 0 Å². The van der Waals surface area contributed by atoms with Crippen molar-refractivity contribution in [3.05, 3.63) is 18.2 Å². The summed E-state index contributed by atoms with van der Waals surface area (Å²) < 4.78 is 14.0. The Balaban J connectivity index is 1.47. The van der Waals surface area contributed by atoms with Crippen molar-refractivity contribution in [1.29, 1.82) is 0 Å². The molecule has 7 nitrogen and oxygen atoms in total. The molecule has 2 atom stereocenters. The molecule has 0 spiro atoms. The fourth-order valence-electron chi connectivity index (χ4n) is 3.63. The zero-order valence-corrected chi connectivity index (χ0v) is 16.2. The zero-order chi connectivity index (χ0) is 18.2. The van der Waals surface area contributed by atoms with E-state index in [1.165, 1.54) is 0 Å². The standard InChI is InChI=1S/C19H33N5O2/c1-3-20-19(22-8-4-5-10-23-11-9-21-16(23)2)24-12-14-26-18(15-24)17-7-6-13-25-17/h9,11,17-18H,3-8,10,12-15H2,1-2H3,(H,20,22). The van der Waals surface area contributed by atoms with Gasteiger partial charge in [-0.05, 0) is 39.5 Å². The summed E-state index contributed by atoms with van der Waals surface area (Å²) >= 11 is 0. The van der Waals surface area contributed by atoms with E-state index in [-0.39, 0.29) is 12.2 Å². The molecule has 1 N–H and O–H groups in total. The predicted octanol–water partition coefficient (Wildman–Crippen LogP) is 1.82. The van der Waals surface area contributed by atoms with E-state index >= 15 is 0 Å². The number of imidazole rings is 1. The van der Waals surface area contributed by atoms with Crippen LogP contribution in [0.3, 0.4) is 0 Å². The molecule has 146 valence electrons. The Kier molecular flexibility index (Phi) is 7.32. The molecule has 0 saturated carbocycles. The molecule has 2 saturated heterocycles. The molecule has 26 heavy (non-hydrogen) atoms. The first kappa shape index (κ1) is 19.2. The number of hydrogen-bond acceptors (Lipinski definition) is 4. The van der Waals surface area contributed by atoms with Crippen LogP contribution in [-0.2, 0) is 16.0 Å². The minimum Gasteiger partial charge on any atom is -0.375 e. The van der Waals surface area contributed by atoms with Crippen LogP contribution in [0.1, 0.15) is 38.4 Å². The minimum atomic E-state index is 0.166. The van der Waals surface area contributed by atoms with Gasteiger partial charge < -0.3 is 24.3 Å².